The van der Waals surface area contributed by atoms with E-state index < -0.39 is 11.9 Å². The maximum atomic E-state index is 12.4. The Morgan fingerprint density at radius 3 is 1.87 bits per heavy atom. The number of rotatable bonds is 24. The molecule has 0 saturated heterocycles. The first-order chi connectivity index (χ1) is 21.9. The molecule has 0 bridgehead atoms. The van der Waals surface area contributed by atoms with Crippen LogP contribution in [0.2, 0.25) is 0 Å². The lowest BCUT2D eigenvalue weighted by atomic mass is 10.1. The number of hydrogen-bond donors (Lipinski definition) is 2. The minimum atomic E-state index is -0.549. The Bertz CT molecular complexity index is 1130. The third kappa shape index (κ3) is 19.2. The van der Waals surface area contributed by atoms with Crippen molar-refractivity contribution in [2.45, 2.75) is 110 Å². The number of ether oxygens (including phenoxy) is 4. The summed E-state index contributed by atoms with van der Waals surface area (Å²) in [6.07, 6.45) is 16.3. The number of nitrogens with two attached hydrogens (primary N) is 2. The molecule has 0 aliphatic rings. The Balaban J connectivity index is 1.55. The molecule has 0 aromatic heterocycles. The van der Waals surface area contributed by atoms with Crippen LogP contribution in [0.4, 0.5) is 11.4 Å². The van der Waals surface area contributed by atoms with Crippen LogP contribution < -0.4 is 11.5 Å². The Labute approximate surface area is 268 Å². The molecule has 45 heavy (non-hydrogen) atoms. The molecule has 248 valence electrons. The van der Waals surface area contributed by atoms with Crippen LogP contribution in [0, 0.1) is 0 Å². The van der Waals surface area contributed by atoms with Gasteiger partial charge in [0.15, 0.2) is 0 Å². The molecule has 4 N–H and O–H groups in total. The molecule has 9 heteroatoms. The number of hydrogen-bond acceptors (Lipinski definition) is 9. The largest absolute Gasteiger partial charge is 0.461 e. The van der Waals surface area contributed by atoms with E-state index in [0.717, 1.165) is 81.8 Å². The Morgan fingerprint density at radius 1 is 0.667 bits per heavy atom. The van der Waals surface area contributed by atoms with Crippen molar-refractivity contribution in [3.8, 4) is 0 Å². The number of anilines is 2. The molecule has 0 radical (unpaired) electrons. The van der Waals surface area contributed by atoms with E-state index in [4.69, 9.17) is 30.4 Å². The first-order valence-electron chi connectivity index (χ1n) is 16.3. The van der Waals surface area contributed by atoms with Gasteiger partial charge in [0.05, 0.1) is 0 Å². The van der Waals surface area contributed by atoms with Gasteiger partial charge in [0.25, 0.3) is 0 Å². The van der Waals surface area contributed by atoms with Crippen LogP contribution in [0.5, 0.6) is 0 Å². The van der Waals surface area contributed by atoms with Crippen molar-refractivity contribution in [1.82, 2.24) is 0 Å². The Hall–Kier alpha value is -3.85. The van der Waals surface area contributed by atoms with Gasteiger partial charge in [-0.2, -0.15) is 0 Å². The lowest BCUT2D eigenvalue weighted by Gasteiger charge is -2.16. The highest BCUT2D eigenvalue weighted by molar-refractivity contribution is 5.73. The normalized spacial score (nSPS) is 11.8. The van der Waals surface area contributed by atoms with Gasteiger partial charge in [-0.1, -0.05) is 81.9 Å². The summed E-state index contributed by atoms with van der Waals surface area (Å²) in [6.45, 7) is 1.94. The summed E-state index contributed by atoms with van der Waals surface area (Å²) < 4.78 is 21.4. The molecule has 0 fully saturated rings. The fourth-order valence-electron chi connectivity index (χ4n) is 4.56. The van der Waals surface area contributed by atoms with Crippen molar-refractivity contribution < 1.29 is 33.3 Å². The van der Waals surface area contributed by atoms with E-state index in [9.17, 15) is 14.4 Å². The number of unbranched alkanes of at least 4 members (excludes halogenated alkanes) is 8. The van der Waals surface area contributed by atoms with Gasteiger partial charge in [0.2, 0.25) is 0 Å². The second-order valence-corrected chi connectivity index (χ2v) is 11.3. The van der Waals surface area contributed by atoms with Crippen molar-refractivity contribution in [1.29, 1.82) is 0 Å². The van der Waals surface area contributed by atoms with Gasteiger partial charge in [-0.05, 0) is 67.5 Å². The van der Waals surface area contributed by atoms with Crippen LogP contribution in [0.15, 0.2) is 60.7 Å². The zero-order valence-corrected chi connectivity index (χ0v) is 26.9. The van der Waals surface area contributed by atoms with Crippen LogP contribution in [0.25, 0.3) is 0 Å². The molecule has 0 heterocycles. The quantitative estimate of drug-likeness (QED) is 0.0407. The first kappa shape index (κ1) is 37.3. The molecule has 2 aromatic carbocycles. The van der Waals surface area contributed by atoms with Crippen LogP contribution in [0.1, 0.15) is 102 Å². The fourth-order valence-corrected chi connectivity index (χ4v) is 4.56. The Kier molecular flexibility index (Phi) is 19.5. The summed E-state index contributed by atoms with van der Waals surface area (Å²) in [5, 5.41) is 0. The molecule has 0 aliphatic carbocycles. The summed E-state index contributed by atoms with van der Waals surface area (Å²) in [5.41, 5.74) is 14.4. The summed E-state index contributed by atoms with van der Waals surface area (Å²) in [5.74, 6) is -1.20. The molecule has 1 atom stereocenters. The highest BCUT2D eigenvalue weighted by Crippen LogP contribution is 2.14. The summed E-state index contributed by atoms with van der Waals surface area (Å²) in [6, 6.07) is 14.4. The van der Waals surface area contributed by atoms with Crippen LogP contribution in [-0.4, -0.2) is 37.2 Å². The fraction of sp³-hybridized carbons (Fsp3) is 0.528. The third-order valence-electron chi connectivity index (χ3n) is 7.19. The molecule has 0 saturated carbocycles. The summed E-state index contributed by atoms with van der Waals surface area (Å²) in [7, 11) is 0. The van der Waals surface area contributed by atoms with E-state index in [1.807, 2.05) is 12.1 Å². The van der Waals surface area contributed by atoms with Crippen molar-refractivity contribution in [2.24, 2.45) is 0 Å². The topological polar surface area (TPSA) is 140 Å². The van der Waals surface area contributed by atoms with E-state index in [1.54, 1.807) is 36.4 Å². The van der Waals surface area contributed by atoms with Crippen molar-refractivity contribution >= 4 is 29.3 Å². The number of esters is 3. The smallest absolute Gasteiger partial charge is 0.332 e. The van der Waals surface area contributed by atoms with Gasteiger partial charge >= 0.3 is 17.9 Å². The van der Waals surface area contributed by atoms with Gasteiger partial charge in [0, 0.05) is 24.2 Å². The molecule has 9 nitrogen and oxygen atoms in total. The number of nitrogen functional groups attached to an aromatic ring is 2. The van der Waals surface area contributed by atoms with E-state index >= 15 is 0 Å². The molecule has 0 amide bonds. The average molecular weight is 625 g/mol. The number of allylic oxidation sites excluding steroid dienone is 1. The SMILES string of the molecule is CCCCCC[C@H](C/C=C\CCCCCCCC(=O)OCc1ccc(N)cc1)OC(=O)COCC(=O)OCc1ccc(N)cc1. The van der Waals surface area contributed by atoms with Gasteiger partial charge in [-0.3, -0.25) is 4.79 Å². The summed E-state index contributed by atoms with van der Waals surface area (Å²) in [4.78, 5) is 36.3. The van der Waals surface area contributed by atoms with E-state index in [-0.39, 0.29) is 38.5 Å². The van der Waals surface area contributed by atoms with Gasteiger partial charge < -0.3 is 30.4 Å². The van der Waals surface area contributed by atoms with E-state index in [0.29, 0.717) is 24.2 Å². The number of carbonyl (C=O) groups excluding carboxylic acids is 3. The van der Waals surface area contributed by atoms with Crippen LogP contribution in [-0.2, 0) is 46.5 Å². The zero-order chi connectivity index (χ0) is 32.5. The van der Waals surface area contributed by atoms with Crippen molar-refractivity contribution in [3.63, 3.8) is 0 Å². The highest BCUT2D eigenvalue weighted by atomic mass is 16.6. The molecule has 2 aromatic rings. The third-order valence-corrected chi connectivity index (χ3v) is 7.19. The lowest BCUT2D eigenvalue weighted by molar-refractivity contribution is -0.159. The summed E-state index contributed by atoms with van der Waals surface area (Å²) >= 11 is 0. The highest BCUT2D eigenvalue weighted by Gasteiger charge is 2.14. The Morgan fingerprint density at radius 2 is 1.22 bits per heavy atom. The molecule has 0 spiro atoms. The maximum Gasteiger partial charge on any atom is 0.332 e. The molecule has 2 rings (SSSR count). The molecular weight excluding hydrogens is 572 g/mol. The second-order valence-electron chi connectivity index (χ2n) is 11.3. The van der Waals surface area contributed by atoms with E-state index in [2.05, 4.69) is 19.1 Å². The van der Waals surface area contributed by atoms with Gasteiger partial charge in [0.1, 0.15) is 32.5 Å². The standard InChI is InChI=1S/C36H52N2O7/c1-2-3-4-11-14-33(45-36(41)28-42-27-35(40)44-26-30-19-23-32(38)24-20-30)15-12-9-7-5-6-8-10-13-16-34(39)43-25-29-17-21-31(37)22-18-29/h9,12,17-24,33H,2-8,10-11,13-16,25-28,37-38H2,1H3/b12-9-/t33-/m1/s1. The average Bonchev–Trinajstić information content (AvgIpc) is 3.03. The lowest BCUT2D eigenvalue weighted by Crippen LogP contribution is -2.23. The molecule has 0 unspecified atom stereocenters. The number of benzene rings is 2. The predicted octanol–water partition coefficient (Wildman–Crippen LogP) is 7.21. The zero-order valence-electron chi connectivity index (χ0n) is 26.9. The number of carbonyl (C=O) groups is 3. The molecular formula is C36H52N2O7. The maximum absolute atomic E-state index is 12.4. The van der Waals surface area contributed by atoms with Crippen LogP contribution in [0.3, 0.4) is 0 Å². The van der Waals surface area contributed by atoms with Crippen molar-refractivity contribution in [2.75, 3.05) is 24.7 Å². The van der Waals surface area contributed by atoms with E-state index in [1.165, 1.54) is 0 Å². The van der Waals surface area contributed by atoms with Crippen LogP contribution >= 0.6 is 0 Å². The molecule has 0 aliphatic heterocycles. The first-order valence-corrected chi connectivity index (χ1v) is 16.3. The minimum Gasteiger partial charge on any atom is -0.461 e. The minimum absolute atomic E-state index is 0.113. The van der Waals surface area contributed by atoms with Gasteiger partial charge in [-0.25, -0.2) is 9.59 Å². The second kappa shape index (κ2) is 23.5. The van der Waals surface area contributed by atoms with Gasteiger partial charge in [-0.15, -0.1) is 0 Å². The monoisotopic (exact) mass is 624 g/mol. The van der Waals surface area contributed by atoms with Crippen molar-refractivity contribution in [3.05, 3.63) is 71.8 Å². The predicted molar refractivity (Wildman–Crippen MR) is 177 cm³/mol.